The molecule has 3 rings (SSSR count). The number of nitrogens with two attached hydrogens (primary N) is 1. The minimum Gasteiger partial charge on any atom is -0.436 e. The van der Waals surface area contributed by atoms with Gasteiger partial charge in [-0.05, 0) is 74.0 Å². The Morgan fingerprint density at radius 1 is 1.18 bits per heavy atom. The predicted molar refractivity (Wildman–Crippen MR) is 98.0 cm³/mol. The first-order chi connectivity index (χ1) is 10.5. The minimum absolute atomic E-state index is 0.518. The average Bonchev–Trinajstić information content (AvgIpc) is 2.94. The van der Waals surface area contributed by atoms with E-state index in [1.807, 2.05) is 18.2 Å². The van der Waals surface area contributed by atoms with Gasteiger partial charge in [0.25, 0.3) is 0 Å². The van der Waals surface area contributed by atoms with Crippen molar-refractivity contribution in [2.75, 3.05) is 5.73 Å². The Labute approximate surface area is 146 Å². The van der Waals surface area contributed by atoms with Gasteiger partial charge >= 0.3 is 0 Å². The van der Waals surface area contributed by atoms with E-state index in [0.717, 1.165) is 32.0 Å². The van der Waals surface area contributed by atoms with E-state index in [0.29, 0.717) is 17.5 Å². The molecular weight excluding hydrogens is 408 g/mol. The van der Waals surface area contributed by atoms with Crippen LogP contribution in [0.4, 0.5) is 5.69 Å². The summed E-state index contributed by atoms with van der Waals surface area (Å²) in [5.74, 6) is 1.11. The number of anilines is 1. The van der Waals surface area contributed by atoms with Crippen LogP contribution in [-0.2, 0) is 0 Å². The largest absolute Gasteiger partial charge is 0.436 e. The number of aromatic nitrogens is 1. The number of benzene rings is 2. The molecule has 22 heavy (non-hydrogen) atoms. The summed E-state index contributed by atoms with van der Waals surface area (Å²) in [5.41, 5.74) is 10.4. The number of hydrogen-bond acceptors (Lipinski definition) is 3. The molecule has 0 fully saturated rings. The lowest BCUT2D eigenvalue weighted by Gasteiger charge is -2.07. The Morgan fingerprint density at radius 2 is 1.86 bits per heavy atom. The molecule has 3 aromatic rings. The summed E-state index contributed by atoms with van der Waals surface area (Å²) in [4.78, 5) is 4.62. The SMILES string of the molecule is CC[C@@H](C)c1ccc2oc(-c3cc(Br)c(N)c(Br)c3)nc2c1. The second-order valence-electron chi connectivity index (χ2n) is 5.41. The molecule has 0 bridgehead atoms. The van der Waals surface area contributed by atoms with E-state index in [9.17, 15) is 0 Å². The molecule has 2 N–H and O–H groups in total. The molecule has 5 heteroatoms. The second kappa shape index (κ2) is 6.05. The van der Waals surface area contributed by atoms with Crippen LogP contribution >= 0.6 is 31.9 Å². The normalized spacial score (nSPS) is 12.7. The first kappa shape index (κ1) is 15.6. The lowest BCUT2D eigenvalue weighted by atomic mass is 9.98. The van der Waals surface area contributed by atoms with Crippen LogP contribution in [0.2, 0.25) is 0 Å². The van der Waals surface area contributed by atoms with Crippen LogP contribution in [0, 0.1) is 0 Å². The van der Waals surface area contributed by atoms with E-state index in [1.165, 1.54) is 5.56 Å². The van der Waals surface area contributed by atoms with Crippen molar-refractivity contribution in [2.45, 2.75) is 26.2 Å². The van der Waals surface area contributed by atoms with Crippen LogP contribution in [0.15, 0.2) is 43.7 Å². The summed E-state index contributed by atoms with van der Waals surface area (Å²) in [6.07, 6.45) is 1.11. The van der Waals surface area contributed by atoms with E-state index >= 15 is 0 Å². The quantitative estimate of drug-likeness (QED) is 0.516. The van der Waals surface area contributed by atoms with Gasteiger partial charge in [0.15, 0.2) is 5.58 Å². The van der Waals surface area contributed by atoms with Gasteiger partial charge in [0.1, 0.15) is 5.52 Å². The molecule has 1 heterocycles. The molecule has 0 saturated heterocycles. The Balaban J connectivity index is 2.09. The first-order valence-corrected chi connectivity index (χ1v) is 8.73. The highest BCUT2D eigenvalue weighted by Crippen LogP contribution is 2.35. The Kier molecular flexibility index (Phi) is 4.28. The molecule has 1 atom stereocenters. The van der Waals surface area contributed by atoms with E-state index in [4.69, 9.17) is 10.2 Å². The van der Waals surface area contributed by atoms with Gasteiger partial charge in [-0.1, -0.05) is 19.9 Å². The summed E-state index contributed by atoms with van der Waals surface area (Å²) < 4.78 is 7.52. The number of oxazole rings is 1. The second-order valence-corrected chi connectivity index (χ2v) is 7.12. The monoisotopic (exact) mass is 422 g/mol. The smallest absolute Gasteiger partial charge is 0.227 e. The zero-order valence-corrected chi connectivity index (χ0v) is 15.5. The van der Waals surface area contributed by atoms with E-state index in [-0.39, 0.29) is 0 Å². The number of halogens is 2. The highest BCUT2D eigenvalue weighted by molar-refractivity contribution is 9.11. The zero-order valence-electron chi connectivity index (χ0n) is 12.4. The van der Waals surface area contributed by atoms with E-state index in [2.05, 4.69) is 62.8 Å². The molecule has 0 spiro atoms. The van der Waals surface area contributed by atoms with Gasteiger partial charge in [-0.3, -0.25) is 0 Å². The maximum atomic E-state index is 5.93. The third-order valence-electron chi connectivity index (χ3n) is 3.92. The van der Waals surface area contributed by atoms with Crippen LogP contribution in [0.5, 0.6) is 0 Å². The van der Waals surface area contributed by atoms with Gasteiger partial charge in [0.2, 0.25) is 5.89 Å². The van der Waals surface area contributed by atoms with Crippen molar-refractivity contribution >= 4 is 48.6 Å². The van der Waals surface area contributed by atoms with Crippen LogP contribution in [-0.4, -0.2) is 4.98 Å². The summed E-state index contributed by atoms with van der Waals surface area (Å²) in [6.45, 7) is 4.41. The maximum absolute atomic E-state index is 5.93. The molecular formula is C17H16Br2N2O. The molecule has 0 amide bonds. The molecule has 0 aliphatic heterocycles. The fourth-order valence-electron chi connectivity index (χ4n) is 2.32. The molecule has 0 saturated carbocycles. The molecule has 2 aromatic carbocycles. The van der Waals surface area contributed by atoms with Gasteiger partial charge in [-0.15, -0.1) is 0 Å². The molecule has 0 radical (unpaired) electrons. The number of fused-ring (bicyclic) bond motifs is 1. The third-order valence-corrected chi connectivity index (χ3v) is 5.23. The van der Waals surface area contributed by atoms with Crippen molar-refractivity contribution in [3.63, 3.8) is 0 Å². The molecule has 114 valence electrons. The van der Waals surface area contributed by atoms with Crippen molar-refractivity contribution in [3.05, 3.63) is 44.8 Å². The molecule has 0 aliphatic rings. The van der Waals surface area contributed by atoms with Crippen molar-refractivity contribution in [2.24, 2.45) is 0 Å². The van der Waals surface area contributed by atoms with Crippen molar-refractivity contribution in [1.82, 2.24) is 4.98 Å². The zero-order chi connectivity index (χ0) is 15.9. The van der Waals surface area contributed by atoms with E-state index < -0.39 is 0 Å². The van der Waals surface area contributed by atoms with Gasteiger partial charge in [-0.2, -0.15) is 0 Å². The standard InChI is InChI=1S/C17H16Br2N2O/c1-3-9(2)10-4-5-15-14(8-10)21-17(22-15)11-6-12(18)16(20)13(19)7-11/h4-9H,3,20H2,1-2H3/t9-/m1/s1. The van der Waals surface area contributed by atoms with E-state index in [1.54, 1.807) is 0 Å². The molecule has 1 aromatic heterocycles. The number of nitrogen functional groups attached to an aromatic ring is 1. The lowest BCUT2D eigenvalue weighted by Crippen LogP contribution is -1.90. The number of hydrogen-bond donors (Lipinski definition) is 1. The van der Waals surface area contributed by atoms with Crippen molar-refractivity contribution < 1.29 is 4.42 Å². The van der Waals surface area contributed by atoms with Crippen LogP contribution in [0.25, 0.3) is 22.6 Å². The topological polar surface area (TPSA) is 52.0 Å². The van der Waals surface area contributed by atoms with Crippen LogP contribution in [0.3, 0.4) is 0 Å². The predicted octanol–water partition coefficient (Wildman–Crippen LogP) is 6.12. The Morgan fingerprint density at radius 3 is 2.50 bits per heavy atom. The van der Waals surface area contributed by atoms with Crippen molar-refractivity contribution in [3.8, 4) is 11.5 Å². The summed E-state index contributed by atoms with van der Waals surface area (Å²) in [6, 6.07) is 10.0. The maximum Gasteiger partial charge on any atom is 0.227 e. The molecule has 0 aliphatic carbocycles. The number of nitrogens with zero attached hydrogens (tertiary/aromatic N) is 1. The number of rotatable bonds is 3. The van der Waals surface area contributed by atoms with Crippen LogP contribution < -0.4 is 5.73 Å². The first-order valence-electron chi connectivity index (χ1n) is 7.15. The summed E-state index contributed by atoms with van der Waals surface area (Å²) in [5, 5.41) is 0. The fourth-order valence-corrected chi connectivity index (χ4v) is 3.50. The van der Waals surface area contributed by atoms with Gasteiger partial charge in [0, 0.05) is 14.5 Å². The molecule has 0 unspecified atom stereocenters. The van der Waals surface area contributed by atoms with Gasteiger partial charge in [-0.25, -0.2) is 4.98 Å². The highest BCUT2D eigenvalue weighted by Gasteiger charge is 2.13. The summed E-state index contributed by atoms with van der Waals surface area (Å²) in [7, 11) is 0. The van der Waals surface area contributed by atoms with Gasteiger partial charge < -0.3 is 10.2 Å². The summed E-state index contributed by atoms with van der Waals surface area (Å²) >= 11 is 6.91. The Hall–Kier alpha value is -1.33. The van der Waals surface area contributed by atoms with Gasteiger partial charge in [0.05, 0.1) is 5.69 Å². The molecule has 3 nitrogen and oxygen atoms in total. The Bertz CT molecular complexity index is 819. The average molecular weight is 424 g/mol. The minimum atomic E-state index is 0.518. The van der Waals surface area contributed by atoms with Crippen molar-refractivity contribution in [1.29, 1.82) is 0 Å². The third kappa shape index (κ3) is 2.79. The highest BCUT2D eigenvalue weighted by atomic mass is 79.9. The fraction of sp³-hybridized carbons (Fsp3) is 0.235. The lowest BCUT2D eigenvalue weighted by molar-refractivity contribution is 0.619. The van der Waals surface area contributed by atoms with Crippen LogP contribution in [0.1, 0.15) is 31.7 Å².